The number of carbonyl (C=O) groups is 3. The minimum atomic E-state index is -0.903. The highest BCUT2D eigenvalue weighted by Crippen LogP contribution is 2.37. The molecule has 0 radical (unpaired) electrons. The number of rotatable bonds is 5. The second-order valence-electron chi connectivity index (χ2n) is 7.94. The molecule has 1 heterocycles. The summed E-state index contributed by atoms with van der Waals surface area (Å²) in [7, 11) is 2.99. The van der Waals surface area contributed by atoms with Crippen LogP contribution in [0.1, 0.15) is 39.3 Å². The smallest absolute Gasteiger partial charge is 0.341 e. The van der Waals surface area contributed by atoms with E-state index in [-0.39, 0.29) is 17.3 Å². The number of urea groups is 1. The second kappa shape index (κ2) is 8.52. The molecule has 0 bridgehead atoms. The minimum absolute atomic E-state index is 0.118. The summed E-state index contributed by atoms with van der Waals surface area (Å²) >= 11 is 0. The number of likely N-dealkylation sites (N-methyl/N-ethyl adjacent to an activating group) is 1. The Morgan fingerprint density at radius 2 is 1.83 bits per heavy atom. The summed E-state index contributed by atoms with van der Waals surface area (Å²) in [5.41, 5.74) is -0.0957. The molecular formula is C20H25N3O7. The summed E-state index contributed by atoms with van der Waals surface area (Å²) in [4.78, 5) is 50.5. The number of non-ortho nitro benzene ring substituents is 1. The molecule has 0 N–H and O–H groups in total. The number of esters is 2. The van der Waals surface area contributed by atoms with Crippen LogP contribution >= 0.6 is 0 Å². The van der Waals surface area contributed by atoms with Crippen molar-refractivity contribution in [2.24, 2.45) is 5.41 Å². The van der Waals surface area contributed by atoms with Crippen molar-refractivity contribution in [3.63, 3.8) is 0 Å². The van der Waals surface area contributed by atoms with Crippen molar-refractivity contribution in [2.45, 2.75) is 33.7 Å². The Morgan fingerprint density at radius 3 is 2.40 bits per heavy atom. The number of benzene rings is 1. The Morgan fingerprint density at radius 1 is 1.20 bits per heavy atom. The van der Waals surface area contributed by atoms with Gasteiger partial charge in [0, 0.05) is 31.9 Å². The van der Waals surface area contributed by atoms with Crippen LogP contribution in [-0.4, -0.2) is 53.6 Å². The van der Waals surface area contributed by atoms with Crippen LogP contribution in [0.3, 0.4) is 0 Å². The zero-order valence-corrected chi connectivity index (χ0v) is 17.8. The summed E-state index contributed by atoms with van der Waals surface area (Å²) in [6.45, 7) is 5.98. The van der Waals surface area contributed by atoms with Crippen LogP contribution in [0.4, 0.5) is 10.5 Å². The molecule has 2 rings (SSSR count). The van der Waals surface area contributed by atoms with Crippen LogP contribution in [0.25, 0.3) is 0 Å². The fraction of sp³-hybridized carbons (Fsp3) is 0.450. The number of carbonyl (C=O) groups excluding carboxylic acids is 3. The molecule has 1 aromatic carbocycles. The lowest BCUT2D eigenvalue weighted by molar-refractivity contribution is -0.384. The molecule has 30 heavy (non-hydrogen) atoms. The Labute approximate surface area is 174 Å². The van der Waals surface area contributed by atoms with Crippen LogP contribution in [0.2, 0.25) is 0 Å². The van der Waals surface area contributed by atoms with Gasteiger partial charge in [0.2, 0.25) is 6.79 Å². The number of ether oxygens (including phenoxy) is 2. The first-order chi connectivity index (χ1) is 13.9. The van der Waals surface area contributed by atoms with E-state index in [4.69, 9.17) is 9.47 Å². The number of allylic oxidation sites excluding steroid dienone is 1. The van der Waals surface area contributed by atoms with E-state index in [0.29, 0.717) is 11.3 Å². The van der Waals surface area contributed by atoms with Crippen LogP contribution in [-0.2, 0) is 19.1 Å². The number of nitro benzene ring substituents is 1. The lowest BCUT2D eigenvalue weighted by atomic mass is 9.93. The molecule has 1 aliphatic rings. The third-order valence-corrected chi connectivity index (χ3v) is 4.75. The molecule has 0 saturated carbocycles. The van der Waals surface area contributed by atoms with Crippen LogP contribution < -0.4 is 0 Å². The summed E-state index contributed by atoms with van der Waals surface area (Å²) in [5.74, 6) is -1.33. The van der Waals surface area contributed by atoms with Gasteiger partial charge in [-0.15, -0.1) is 0 Å². The van der Waals surface area contributed by atoms with Gasteiger partial charge in [-0.3, -0.25) is 14.9 Å². The van der Waals surface area contributed by atoms with Gasteiger partial charge >= 0.3 is 18.0 Å². The third-order valence-electron chi connectivity index (χ3n) is 4.75. The SMILES string of the molecule is CC1=C(C(=O)OCOC(=O)C(C)(C)C)[C@@H](c2cccc([N+](=O)[O-])c2)N(C)C(=O)N1C. The quantitative estimate of drug-likeness (QED) is 0.311. The summed E-state index contributed by atoms with van der Waals surface area (Å²) < 4.78 is 10.1. The predicted molar refractivity (Wildman–Crippen MR) is 106 cm³/mol. The normalized spacial score (nSPS) is 17.1. The standard InChI is InChI=1S/C20H25N3O7/c1-12-15(17(24)29-11-30-18(25)20(2,3)4)16(22(6)19(26)21(12)5)13-8-7-9-14(10-13)23(27)28/h7-10,16H,11H2,1-6H3/t16-/m1/s1. The van der Waals surface area contributed by atoms with Gasteiger partial charge in [0.05, 0.1) is 22.0 Å². The van der Waals surface area contributed by atoms with Crippen molar-refractivity contribution in [3.8, 4) is 0 Å². The van der Waals surface area contributed by atoms with Gasteiger partial charge in [0.25, 0.3) is 5.69 Å². The highest BCUT2D eigenvalue weighted by molar-refractivity contribution is 5.95. The van der Waals surface area contributed by atoms with E-state index in [1.165, 1.54) is 42.1 Å². The molecule has 10 nitrogen and oxygen atoms in total. The maximum absolute atomic E-state index is 12.9. The van der Waals surface area contributed by atoms with E-state index in [0.717, 1.165) is 0 Å². The number of hydrogen-bond donors (Lipinski definition) is 0. The fourth-order valence-electron chi connectivity index (χ4n) is 2.95. The average Bonchev–Trinajstić information content (AvgIpc) is 2.67. The number of nitro groups is 1. The van der Waals surface area contributed by atoms with Gasteiger partial charge in [0.15, 0.2) is 0 Å². The molecule has 0 spiro atoms. The first-order valence-electron chi connectivity index (χ1n) is 9.16. The lowest BCUT2D eigenvalue weighted by Gasteiger charge is -2.39. The molecule has 0 aliphatic carbocycles. The van der Waals surface area contributed by atoms with Crippen molar-refractivity contribution < 1.29 is 28.8 Å². The highest BCUT2D eigenvalue weighted by Gasteiger charge is 2.39. The molecule has 0 aromatic heterocycles. The Balaban J connectivity index is 2.38. The zero-order valence-electron chi connectivity index (χ0n) is 17.8. The maximum Gasteiger partial charge on any atom is 0.341 e. The zero-order chi connectivity index (χ0) is 22.8. The molecule has 1 aliphatic heterocycles. The van der Waals surface area contributed by atoms with Crippen LogP contribution in [0.5, 0.6) is 0 Å². The predicted octanol–water partition coefficient (Wildman–Crippen LogP) is 3.00. The molecule has 10 heteroatoms. The first kappa shape index (κ1) is 22.9. The largest absolute Gasteiger partial charge is 0.427 e. The Kier molecular flexibility index (Phi) is 6.49. The Hall–Kier alpha value is -3.43. The van der Waals surface area contributed by atoms with Crippen LogP contribution in [0.15, 0.2) is 35.5 Å². The van der Waals surface area contributed by atoms with Gasteiger partial charge in [-0.2, -0.15) is 0 Å². The highest BCUT2D eigenvalue weighted by atomic mass is 16.7. The van der Waals surface area contributed by atoms with E-state index >= 15 is 0 Å². The van der Waals surface area contributed by atoms with Crippen molar-refractivity contribution >= 4 is 23.7 Å². The minimum Gasteiger partial charge on any atom is -0.427 e. The van der Waals surface area contributed by atoms with E-state index in [1.54, 1.807) is 33.8 Å². The topological polar surface area (TPSA) is 119 Å². The molecule has 162 valence electrons. The van der Waals surface area contributed by atoms with Crippen LogP contribution in [0, 0.1) is 15.5 Å². The van der Waals surface area contributed by atoms with Crippen molar-refractivity contribution in [2.75, 3.05) is 20.9 Å². The van der Waals surface area contributed by atoms with E-state index < -0.39 is 35.1 Å². The lowest BCUT2D eigenvalue weighted by Crippen LogP contribution is -2.47. The summed E-state index contributed by atoms with van der Waals surface area (Å²) in [6, 6.07) is 4.40. The molecule has 0 unspecified atom stereocenters. The third kappa shape index (κ3) is 4.58. The van der Waals surface area contributed by atoms with E-state index in [2.05, 4.69) is 0 Å². The molecule has 0 saturated heterocycles. The average molecular weight is 419 g/mol. The van der Waals surface area contributed by atoms with Gasteiger partial charge in [-0.1, -0.05) is 12.1 Å². The van der Waals surface area contributed by atoms with Crippen molar-refractivity contribution in [1.82, 2.24) is 9.80 Å². The maximum atomic E-state index is 12.9. The molecular weight excluding hydrogens is 394 g/mol. The molecule has 0 fully saturated rings. The van der Waals surface area contributed by atoms with Gasteiger partial charge in [0.1, 0.15) is 0 Å². The van der Waals surface area contributed by atoms with Crippen molar-refractivity contribution in [3.05, 3.63) is 51.2 Å². The molecule has 1 aromatic rings. The van der Waals surface area contributed by atoms with E-state index in [1.807, 2.05) is 0 Å². The van der Waals surface area contributed by atoms with E-state index in [9.17, 15) is 24.5 Å². The van der Waals surface area contributed by atoms with Gasteiger partial charge < -0.3 is 19.3 Å². The Bertz CT molecular complexity index is 917. The monoisotopic (exact) mass is 419 g/mol. The summed E-state index contributed by atoms with van der Waals surface area (Å²) in [6.07, 6.45) is 0. The number of amides is 2. The number of hydrogen-bond acceptors (Lipinski definition) is 7. The van der Waals surface area contributed by atoms with Gasteiger partial charge in [-0.25, -0.2) is 9.59 Å². The second-order valence-corrected chi connectivity index (χ2v) is 7.94. The van der Waals surface area contributed by atoms with Gasteiger partial charge in [-0.05, 0) is 33.3 Å². The van der Waals surface area contributed by atoms with Crippen molar-refractivity contribution in [1.29, 1.82) is 0 Å². The molecule has 1 atom stereocenters. The first-order valence-corrected chi connectivity index (χ1v) is 9.16. The summed E-state index contributed by atoms with van der Waals surface area (Å²) in [5, 5.41) is 11.2. The fourth-order valence-corrected chi connectivity index (χ4v) is 2.95. The molecule has 2 amide bonds. The number of nitrogens with zero attached hydrogens (tertiary/aromatic N) is 3.